The lowest BCUT2D eigenvalue weighted by Crippen LogP contribution is -2.49. The lowest BCUT2D eigenvalue weighted by molar-refractivity contribution is -0.132. The SMILES string of the molecule is Cc1ccccc1CN(C)CC(=O)N1CCNCC1. The first kappa shape index (κ1) is 14.0. The van der Waals surface area contributed by atoms with Crippen LogP contribution in [0.1, 0.15) is 11.1 Å². The number of aryl methyl sites for hydroxylation is 1. The molecule has 1 saturated heterocycles. The molecule has 1 aromatic carbocycles. The van der Waals surface area contributed by atoms with Crippen LogP contribution in [0.2, 0.25) is 0 Å². The zero-order chi connectivity index (χ0) is 13.7. The molecule has 2 rings (SSSR count). The van der Waals surface area contributed by atoms with E-state index >= 15 is 0 Å². The molecule has 0 radical (unpaired) electrons. The second kappa shape index (κ2) is 6.68. The van der Waals surface area contributed by atoms with Crippen molar-refractivity contribution in [1.29, 1.82) is 0 Å². The van der Waals surface area contributed by atoms with Gasteiger partial charge in [0.1, 0.15) is 0 Å². The summed E-state index contributed by atoms with van der Waals surface area (Å²) < 4.78 is 0. The number of rotatable bonds is 4. The van der Waals surface area contributed by atoms with Gasteiger partial charge in [-0.05, 0) is 25.1 Å². The third-order valence-electron chi connectivity index (χ3n) is 3.58. The van der Waals surface area contributed by atoms with Gasteiger partial charge in [0.15, 0.2) is 0 Å². The van der Waals surface area contributed by atoms with E-state index in [1.807, 2.05) is 24.1 Å². The van der Waals surface area contributed by atoms with Crippen LogP contribution >= 0.6 is 0 Å². The molecule has 0 unspecified atom stereocenters. The van der Waals surface area contributed by atoms with Gasteiger partial charge in [-0.15, -0.1) is 0 Å². The van der Waals surface area contributed by atoms with Gasteiger partial charge in [-0.3, -0.25) is 9.69 Å². The molecule has 0 aliphatic carbocycles. The third-order valence-corrected chi connectivity index (χ3v) is 3.58. The quantitative estimate of drug-likeness (QED) is 0.873. The van der Waals surface area contributed by atoms with Crippen LogP contribution in [0.25, 0.3) is 0 Å². The highest BCUT2D eigenvalue weighted by molar-refractivity contribution is 5.78. The molecule has 0 bridgehead atoms. The Bertz CT molecular complexity index is 427. The molecule has 1 N–H and O–H groups in total. The van der Waals surface area contributed by atoms with Crippen molar-refractivity contribution in [3.63, 3.8) is 0 Å². The number of amides is 1. The number of piperazine rings is 1. The Balaban J connectivity index is 1.85. The number of carbonyl (C=O) groups is 1. The Kier molecular flexibility index (Phi) is 4.93. The highest BCUT2D eigenvalue weighted by atomic mass is 16.2. The van der Waals surface area contributed by atoms with Crippen LogP contribution in [0.4, 0.5) is 0 Å². The van der Waals surface area contributed by atoms with Crippen LogP contribution in [-0.2, 0) is 11.3 Å². The van der Waals surface area contributed by atoms with Gasteiger partial charge in [0.05, 0.1) is 6.54 Å². The summed E-state index contributed by atoms with van der Waals surface area (Å²) in [5.41, 5.74) is 2.57. The number of likely N-dealkylation sites (N-methyl/N-ethyl adjacent to an activating group) is 1. The molecular formula is C15H23N3O. The first-order chi connectivity index (χ1) is 9.16. The summed E-state index contributed by atoms with van der Waals surface area (Å²) in [6.45, 7) is 6.91. The van der Waals surface area contributed by atoms with E-state index < -0.39 is 0 Å². The van der Waals surface area contributed by atoms with Gasteiger partial charge in [0.2, 0.25) is 5.91 Å². The monoisotopic (exact) mass is 261 g/mol. The molecule has 1 heterocycles. The average Bonchev–Trinajstić information content (AvgIpc) is 2.42. The van der Waals surface area contributed by atoms with Crippen LogP contribution in [0.3, 0.4) is 0 Å². The van der Waals surface area contributed by atoms with E-state index in [2.05, 4.69) is 29.3 Å². The van der Waals surface area contributed by atoms with Gasteiger partial charge in [-0.25, -0.2) is 0 Å². The molecule has 1 fully saturated rings. The van der Waals surface area contributed by atoms with Crippen molar-refractivity contribution in [3.05, 3.63) is 35.4 Å². The van der Waals surface area contributed by atoms with E-state index in [0.29, 0.717) is 6.54 Å². The number of hydrogen-bond donors (Lipinski definition) is 1. The highest BCUT2D eigenvalue weighted by Gasteiger charge is 2.17. The van der Waals surface area contributed by atoms with Gasteiger partial charge in [-0.1, -0.05) is 24.3 Å². The second-order valence-corrected chi connectivity index (χ2v) is 5.23. The first-order valence-electron chi connectivity index (χ1n) is 6.88. The van der Waals surface area contributed by atoms with Gasteiger partial charge in [0, 0.05) is 32.7 Å². The summed E-state index contributed by atoms with van der Waals surface area (Å²) in [4.78, 5) is 16.2. The third kappa shape index (κ3) is 4.04. The number of benzene rings is 1. The van der Waals surface area contributed by atoms with Crippen molar-refractivity contribution in [2.75, 3.05) is 39.8 Å². The molecule has 4 heteroatoms. The predicted octanol–water partition coefficient (Wildman–Crippen LogP) is 0.859. The van der Waals surface area contributed by atoms with Crippen molar-refractivity contribution >= 4 is 5.91 Å². The van der Waals surface area contributed by atoms with Crippen molar-refractivity contribution in [3.8, 4) is 0 Å². The summed E-state index contributed by atoms with van der Waals surface area (Å²) >= 11 is 0. The maximum absolute atomic E-state index is 12.1. The molecule has 1 aliphatic heterocycles. The Hall–Kier alpha value is -1.39. The molecule has 1 amide bonds. The Morgan fingerprint density at radius 2 is 2.00 bits per heavy atom. The van der Waals surface area contributed by atoms with Crippen LogP contribution in [0.5, 0.6) is 0 Å². The molecule has 104 valence electrons. The van der Waals surface area contributed by atoms with Crippen molar-refractivity contribution < 1.29 is 4.79 Å². The Morgan fingerprint density at radius 3 is 2.68 bits per heavy atom. The minimum Gasteiger partial charge on any atom is -0.339 e. The summed E-state index contributed by atoms with van der Waals surface area (Å²) in [6.07, 6.45) is 0. The summed E-state index contributed by atoms with van der Waals surface area (Å²) in [5.74, 6) is 0.234. The van der Waals surface area contributed by atoms with Crippen molar-refractivity contribution in [2.24, 2.45) is 0 Å². The van der Waals surface area contributed by atoms with E-state index in [-0.39, 0.29) is 5.91 Å². The minimum atomic E-state index is 0.234. The molecule has 0 aromatic heterocycles. The molecule has 1 aromatic rings. The number of carbonyl (C=O) groups excluding carboxylic acids is 1. The smallest absolute Gasteiger partial charge is 0.236 e. The topological polar surface area (TPSA) is 35.6 Å². The second-order valence-electron chi connectivity index (χ2n) is 5.23. The van der Waals surface area contributed by atoms with Gasteiger partial charge >= 0.3 is 0 Å². The highest BCUT2D eigenvalue weighted by Crippen LogP contribution is 2.09. The van der Waals surface area contributed by atoms with E-state index in [1.54, 1.807) is 0 Å². The van der Waals surface area contributed by atoms with Crippen LogP contribution in [0.15, 0.2) is 24.3 Å². The van der Waals surface area contributed by atoms with Crippen LogP contribution in [0, 0.1) is 6.92 Å². The lowest BCUT2D eigenvalue weighted by Gasteiger charge is -2.29. The minimum absolute atomic E-state index is 0.234. The Morgan fingerprint density at radius 1 is 1.32 bits per heavy atom. The summed E-state index contributed by atoms with van der Waals surface area (Å²) in [7, 11) is 2.01. The van der Waals surface area contributed by atoms with E-state index in [1.165, 1.54) is 11.1 Å². The first-order valence-corrected chi connectivity index (χ1v) is 6.88. The largest absolute Gasteiger partial charge is 0.339 e. The number of nitrogens with one attached hydrogen (secondary N) is 1. The maximum atomic E-state index is 12.1. The number of nitrogens with zero attached hydrogens (tertiary/aromatic N) is 2. The van der Waals surface area contributed by atoms with Crippen molar-refractivity contribution in [1.82, 2.24) is 15.1 Å². The van der Waals surface area contributed by atoms with Gasteiger partial charge in [-0.2, -0.15) is 0 Å². The van der Waals surface area contributed by atoms with Crippen molar-refractivity contribution in [2.45, 2.75) is 13.5 Å². The lowest BCUT2D eigenvalue weighted by atomic mass is 10.1. The molecule has 19 heavy (non-hydrogen) atoms. The number of hydrogen-bond acceptors (Lipinski definition) is 3. The molecular weight excluding hydrogens is 238 g/mol. The Labute approximate surface area is 115 Å². The van der Waals surface area contributed by atoms with Crippen LogP contribution in [-0.4, -0.2) is 55.5 Å². The van der Waals surface area contributed by atoms with Gasteiger partial charge < -0.3 is 10.2 Å². The fourth-order valence-corrected chi connectivity index (χ4v) is 2.38. The van der Waals surface area contributed by atoms with E-state index in [4.69, 9.17) is 0 Å². The maximum Gasteiger partial charge on any atom is 0.236 e. The zero-order valence-corrected chi connectivity index (χ0v) is 11.9. The molecule has 4 nitrogen and oxygen atoms in total. The van der Waals surface area contributed by atoms with E-state index in [9.17, 15) is 4.79 Å². The standard InChI is InChI=1S/C15H23N3O/c1-13-5-3-4-6-14(13)11-17(2)12-15(19)18-9-7-16-8-10-18/h3-6,16H,7-12H2,1-2H3. The molecule has 0 atom stereocenters. The predicted molar refractivity (Wildman–Crippen MR) is 77.0 cm³/mol. The van der Waals surface area contributed by atoms with Gasteiger partial charge in [0.25, 0.3) is 0 Å². The summed E-state index contributed by atoms with van der Waals surface area (Å²) in [6, 6.07) is 8.33. The zero-order valence-electron chi connectivity index (χ0n) is 11.9. The average molecular weight is 261 g/mol. The fraction of sp³-hybridized carbons (Fsp3) is 0.533. The molecule has 0 saturated carbocycles. The van der Waals surface area contributed by atoms with Crippen LogP contribution < -0.4 is 5.32 Å². The molecule has 1 aliphatic rings. The molecule has 0 spiro atoms. The normalized spacial score (nSPS) is 15.8. The van der Waals surface area contributed by atoms with E-state index in [0.717, 1.165) is 32.7 Å². The summed E-state index contributed by atoms with van der Waals surface area (Å²) in [5, 5.41) is 3.26. The fourth-order valence-electron chi connectivity index (χ4n) is 2.38.